The van der Waals surface area contributed by atoms with Crippen molar-refractivity contribution >= 4 is 17.9 Å². The van der Waals surface area contributed by atoms with Gasteiger partial charge in [0.15, 0.2) is 0 Å². The van der Waals surface area contributed by atoms with Gasteiger partial charge in [0.1, 0.15) is 5.76 Å². The first-order valence-electron chi connectivity index (χ1n) is 8.20. The first-order chi connectivity index (χ1) is 11.8. The Labute approximate surface area is 148 Å². The van der Waals surface area contributed by atoms with Crippen molar-refractivity contribution in [3.8, 4) is 0 Å². The molecule has 2 amide bonds. The van der Waals surface area contributed by atoms with Crippen LogP contribution in [-0.2, 0) is 21.5 Å². The van der Waals surface area contributed by atoms with Crippen molar-refractivity contribution in [1.82, 2.24) is 10.6 Å². The molecule has 1 aromatic carbocycles. The summed E-state index contributed by atoms with van der Waals surface area (Å²) >= 11 is 0. The molecule has 1 aromatic heterocycles. The molecular formula is C20H24N2O3. The van der Waals surface area contributed by atoms with Crippen molar-refractivity contribution in [3.05, 3.63) is 65.6 Å². The molecule has 2 rings (SSSR count). The molecule has 25 heavy (non-hydrogen) atoms. The Balaban J connectivity index is 1.75. The molecule has 0 aliphatic heterocycles. The Kier molecular flexibility index (Phi) is 6.17. The molecule has 5 nitrogen and oxygen atoms in total. The van der Waals surface area contributed by atoms with Crippen LogP contribution in [0.3, 0.4) is 0 Å². The van der Waals surface area contributed by atoms with Gasteiger partial charge in [-0.15, -0.1) is 0 Å². The lowest BCUT2D eigenvalue weighted by Crippen LogP contribution is -2.35. The monoisotopic (exact) mass is 340 g/mol. The third kappa shape index (κ3) is 6.30. The zero-order chi connectivity index (χ0) is 18.3. The minimum atomic E-state index is -0.312. The molecule has 1 heterocycles. The molecule has 0 saturated carbocycles. The maximum absolute atomic E-state index is 11.8. The van der Waals surface area contributed by atoms with Crippen LogP contribution in [-0.4, -0.2) is 18.4 Å². The lowest BCUT2D eigenvalue weighted by Gasteiger charge is -2.18. The van der Waals surface area contributed by atoms with Gasteiger partial charge < -0.3 is 15.1 Å². The summed E-state index contributed by atoms with van der Waals surface area (Å²) in [6.45, 7) is 6.69. The van der Waals surface area contributed by atoms with Crippen molar-refractivity contribution in [3.63, 3.8) is 0 Å². The molecule has 132 valence electrons. The number of hydrogen-bond donors (Lipinski definition) is 2. The molecule has 5 heteroatoms. The average molecular weight is 340 g/mol. The van der Waals surface area contributed by atoms with Gasteiger partial charge in [-0.25, -0.2) is 0 Å². The van der Waals surface area contributed by atoms with Crippen molar-refractivity contribution in [1.29, 1.82) is 0 Å². The van der Waals surface area contributed by atoms with Crippen LogP contribution in [0.4, 0.5) is 0 Å². The highest BCUT2D eigenvalue weighted by Crippen LogP contribution is 2.22. The summed E-state index contributed by atoms with van der Waals surface area (Å²) in [4.78, 5) is 23.4. The maximum atomic E-state index is 11.8. The second-order valence-electron chi connectivity index (χ2n) is 6.78. The van der Waals surface area contributed by atoms with Gasteiger partial charge in [0.05, 0.1) is 19.4 Å². The minimum Gasteiger partial charge on any atom is -0.467 e. The number of rotatable bonds is 6. The van der Waals surface area contributed by atoms with Crippen LogP contribution < -0.4 is 10.6 Å². The highest BCUT2D eigenvalue weighted by Gasteiger charge is 2.12. The van der Waals surface area contributed by atoms with Crippen LogP contribution in [0, 0.1) is 0 Å². The first kappa shape index (κ1) is 18.5. The predicted octanol–water partition coefficient (Wildman–Crippen LogP) is 3.02. The van der Waals surface area contributed by atoms with Gasteiger partial charge in [-0.1, -0.05) is 45.0 Å². The highest BCUT2D eigenvalue weighted by molar-refractivity contribution is 5.94. The summed E-state index contributed by atoms with van der Waals surface area (Å²) in [7, 11) is 0. The second-order valence-corrected chi connectivity index (χ2v) is 6.78. The van der Waals surface area contributed by atoms with Gasteiger partial charge >= 0.3 is 0 Å². The molecule has 0 bridgehead atoms. The molecule has 0 saturated heterocycles. The van der Waals surface area contributed by atoms with E-state index in [0.29, 0.717) is 12.3 Å². The molecule has 0 radical (unpaired) electrons. The summed E-state index contributed by atoms with van der Waals surface area (Å²) in [6.07, 6.45) is 4.69. The maximum Gasteiger partial charge on any atom is 0.244 e. The van der Waals surface area contributed by atoms with E-state index >= 15 is 0 Å². The van der Waals surface area contributed by atoms with Gasteiger partial charge in [-0.2, -0.15) is 0 Å². The molecule has 0 aliphatic rings. The van der Waals surface area contributed by atoms with Crippen LogP contribution in [0.15, 0.2) is 53.2 Å². The topological polar surface area (TPSA) is 71.3 Å². The van der Waals surface area contributed by atoms with Gasteiger partial charge in [-0.05, 0) is 34.8 Å². The number of amides is 2. The molecule has 2 N–H and O–H groups in total. The van der Waals surface area contributed by atoms with E-state index in [-0.39, 0.29) is 23.8 Å². The van der Waals surface area contributed by atoms with Crippen LogP contribution in [0.2, 0.25) is 0 Å². The number of nitrogens with one attached hydrogen (secondary N) is 2. The van der Waals surface area contributed by atoms with E-state index in [1.807, 2.05) is 12.1 Å². The van der Waals surface area contributed by atoms with Crippen molar-refractivity contribution < 1.29 is 14.0 Å². The summed E-state index contributed by atoms with van der Waals surface area (Å²) < 4.78 is 5.11. The van der Waals surface area contributed by atoms with Gasteiger partial charge in [0.2, 0.25) is 11.8 Å². The van der Waals surface area contributed by atoms with E-state index < -0.39 is 0 Å². The van der Waals surface area contributed by atoms with E-state index in [1.54, 1.807) is 24.5 Å². The summed E-state index contributed by atoms with van der Waals surface area (Å²) in [5.41, 5.74) is 2.27. The Bertz CT molecular complexity index is 723. The lowest BCUT2D eigenvalue weighted by molar-refractivity contribution is -0.124. The molecule has 2 aromatic rings. The third-order valence-corrected chi connectivity index (χ3v) is 3.67. The molecule has 0 fully saturated rings. The zero-order valence-corrected chi connectivity index (χ0v) is 14.8. The number of carbonyl (C=O) groups excluding carboxylic acids is 2. The highest BCUT2D eigenvalue weighted by atomic mass is 16.3. The largest absolute Gasteiger partial charge is 0.467 e. The molecular weight excluding hydrogens is 316 g/mol. The van der Waals surface area contributed by atoms with Crippen LogP contribution >= 0.6 is 0 Å². The Morgan fingerprint density at radius 3 is 2.40 bits per heavy atom. The van der Waals surface area contributed by atoms with Gasteiger partial charge in [-0.3, -0.25) is 9.59 Å². The fourth-order valence-electron chi connectivity index (χ4n) is 2.15. The number of carbonyl (C=O) groups is 2. The zero-order valence-electron chi connectivity index (χ0n) is 14.8. The summed E-state index contributed by atoms with van der Waals surface area (Å²) in [6, 6.07) is 11.6. The Morgan fingerprint density at radius 2 is 1.80 bits per heavy atom. The summed E-state index contributed by atoms with van der Waals surface area (Å²) in [5, 5.41) is 5.21. The van der Waals surface area contributed by atoms with E-state index in [4.69, 9.17) is 4.42 Å². The minimum absolute atomic E-state index is 0.0765. The van der Waals surface area contributed by atoms with Gasteiger partial charge in [0, 0.05) is 6.08 Å². The summed E-state index contributed by atoms with van der Waals surface area (Å²) in [5.74, 6) is 0.0824. The fraction of sp³-hybridized carbons (Fsp3) is 0.300. The number of benzene rings is 1. The molecule has 0 spiro atoms. The Morgan fingerprint density at radius 1 is 1.08 bits per heavy atom. The average Bonchev–Trinajstić information content (AvgIpc) is 3.09. The van der Waals surface area contributed by atoms with Crippen molar-refractivity contribution in [2.75, 3.05) is 6.54 Å². The van der Waals surface area contributed by atoms with Crippen LogP contribution in [0.5, 0.6) is 0 Å². The van der Waals surface area contributed by atoms with E-state index in [1.165, 1.54) is 11.6 Å². The SMILES string of the molecule is CC(C)(C)c1ccc(/C=C/C(=O)NCC(=O)NCc2ccco2)cc1. The molecule has 0 atom stereocenters. The van der Waals surface area contributed by atoms with E-state index in [9.17, 15) is 9.59 Å². The normalized spacial score (nSPS) is 11.5. The Hall–Kier alpha value is -2.82. The molecule has 0 aliphatic carbocycles. The van der Waals surface area contributed by atoms with Crippen molar-refractivity contribution in [2.45, 2.75) is 32.7 Å². The lowest BCUT2D eigenvalue weighted by atomic mass is 9.87. The van der Waals surface area contributed by atoms with Gasteiger partial charge in [0.25, 0.3) is 0 Å². The second kappa shape index (κ2) is 8.33. The fourth-order valence-corrected chi connectivity index (χ4v) is 2.15. The van der Waals surface area contributed by atoms with E-state index in [2.05, 4.69) is 43.5 Å². The van der Waals surface area contributed by atoms with Crippen LogP contribution in [0.1, 0.15) is 37.7 Å². The molecule has 0 unspecified atom stereocenters. The van der Waals surface area contributed by atoms with Crippen molar-refractivity contribution in [2.24, 2.45) is 0 Å². The van der Waals surface area contributed by atoms with Crippen LogP contribution in [0.25, 0.3) is 6.08 Å². The first-order valence-corrected chi connectivity index (χ1v) is 8.20. The number of hydrogen-bond acceptors (Lipinski definition) is 3. The third-order valence-electron chi connectivity index (χ3n) is 3.67. The predicted molar refractivity (Wildman–Crippen MR) is 97.7 cm³/mol. The smallest absolute Gasteiger partial charge is 0.244 e. The quantitative estimate of drug-likeness (QED) is 0.794. The van der Waals surface area contributed by atoms with E-state index in [0.717, 1.165) is 5.56 Å². The standard InChI is InChI=1S/C20H24N2O3/c1-20(2,3)16-9-6-15(7-10-16)8-11-18(23)22-14-19(24)21-13-17-5-4-12-25-17/h4-12H,13-14H2,1-3H3,(H,21,24)(H,22,23)/b11-8+. The number of furan rings is 1.